The van der Waals surface area contributed by atoms with Crippen molar-refractivity contribution in [2.45, 2.75) is 32.0 Å². The molecule has 2 atom stereocenters. The van der Waals surface area contributed by atoms with Crippen LogP contribution in [0.15, 0.2) is 24.3 Å². The second-order valence-electron chi connectivity index (χ2n) is 3.63. The zero-order chi connectivity index (χ0) is 10.8. The molecule has 0 radical (unpaired) electrons. The van der Waals surface area contributed by atoms with E-state index in [9.17, 15) is 10.2 Å². The van der Waals surface area contributed by atoms with E-state index in [1.165, 1.54) is 0 Å². The van der Waals surface area contributed by atoms with Crippen LogP contribution in [-0.4, -0.2) is 15.8 Å². The lowest BCUT2D eigenvalue weighted by molar-refractivity contribution is -0.0658. The fourth-order valence-electron chi connectivity index (χ4n) is 1.23. The molecule has 1 rings (SSSR count). The lowest BCUT2D eigenvalue weighted by Gasteiger charge is -2.28. The quantitative estimate of drug-likeness (QED) is 0.812. The molecular weight excluding hydrogens is 200 g/mol. The zero-order valence-corrected chi connectivity index (χ0v) is 9.12. The van der Waals surface area contributed by atoms with Crippen LogP contribution in [0.2, 0.25) is 5.02 Å². The summed E-state index contributed by atoms with van der Waals surface area (Å²) in [6, 6.07) is 7.00. The first kappa shape index (κ1) is 11.5. The lowest BCUT2D eigenvalue weighted by atomic mass is 9.91. The van der Waals surface area contributed by atoms with E-state index in [2.05, 4.69) is 0 Å². The van der Waals surface area contributed by atoms with Gasteiger partial charge < -0.3 is 10.2 Å². The summed E-state index contributed by atoms with van der Waals surface area (Å²) in [6.45, 7) is 3.42. The van der Waals surface area contributed by atoms with Crippen LogP contribution >= 0.6 is 11.6 Å². The van der Waals surface area contributed by atoms with Crippen molar-refractivity contribution in [2.75, 3.05) is 0 Å². The molecule has 0 saturated heterocycles. The number of halogens is 1. The minimum atomic E-state index is -1.13. The lowest BCUT2D eigenvalue weighted by Crippen LogP contribution is -2.31. The maximum absolute atomic E-state index is 9.89. The van der Waals surface area contributed by atoms with Gasteiger partial charge in [-0.1, -0.05) is 36.7 Å². The Morgan fingerprint density at radius 2 is 2.00 bits per heavy atom. The molecule has 2 N–H and O–H groups in total. The van der Waals surface area contributed by atoms with E-state index in [4.69, 9.17) is 11.6 Å². The molecule has 0 heterocycles. The highest BCUT2D eigenvalue weighted by molar-refractivity contribution is 6.31. The second-order valence-corrected chi connectivity index (χ2v) is 4.04. The third-order valence-electron chi connectivity index (χ3n) is 2.50. The highest BCUT2D eigenvalue weighted by Crippen LogP contribution is 2.32. The molecule has 0 fully saturated rings. The molecule has 3 heteroatoms. The van der Waals surface area contributed by atoms with Crippen LogP contribution in [0.3, 0.4) is 0 Å². The first-order valence-electron chi connectivity index (χ1n) is 4.64. The summed E-state index contributed by atoms with van der Waals surface area (Å²) >= 11 is 5.91. The molecule has 0 aliphatic heterocycles. The molecule has 0 amide bonds. The first-order valence-corrected chi connectivity index (χ1v) is 5.01. The van der Waals surface area contributed by atoms with Crippen molar-refractivity contribution in [1.29, 1.82) is 0 Å². The van der Waals surface area contributed by atoms with Gasteiger partial charge in [-0.05, 0) is 19.4 Å². The highest BCUT2D eigenvalue weighted by Gasteiger charge is 2.30. The number of hydrogen-bond donors (Lipinski definition) is 2. The van der Waals surface area contributed by atoms with Gasteiger partial charge in [-0.15, -0.1) is 0 Å². The third-order valence-corrected chi connectivity index (χ3v) is 2.85. The molecule has 2 nitrogen and oxygen atoms in total. The van der Waals surface area contributed by atoms with E-state index in [0.717, 1.165) is 0 Å². The monoisotopic (exact) mass is 214 g/mol. The van der Waals surface area contributed by atoms with Crippen molar-refractivity contribution in [3.8, 4) is 0 Å². The molecule has 2 unspecified atom stereocenters. The maximum Gasteiger partial charge on any atom is 0.109 e. The summed E-state index contributed by atoms with van der Waals surface area (Å²) in [5.41, 5.74) is -0.564. The largest absolute Gasteiger partial charge is 0.387 e. The van der Waals surface area contributed by atoms with E-state index in [1.807, 2.05) is 6.92 Å². The summed E-state index contributed by atoms with van der Waals surface area (Å²) in [5, 5.41) is 20.2. The fourth-order valence-corrected chi connectivity index (χ4v) is 1.46. The van der Waals surface area contributed by atoms with E-state index < -0.39 is 11.7 Å². The molecule has 0 aliphatic carbocycles. The van der Waals surface area contributed by atoms with Gasteiger partial charge in [0.1, 0.15) is 6.10 Å². The van der Waals surface area contributed by atoms with Gasteiger partial charge in [0.05, 0.1) is 5.60 Å². The molecule has 78 valence electrons. The molecule has 0 aliphatic rings. The predicted octanol–water partition coefficient (Wildman–Crippen LogP) is 2.53. The summed E-state index contributed by atoms with van der Waals surface area (Å²) in [6.07, 6.45) is -0.472. The Labute approximate surface area is 89.1 Å². The third kappa shape index (κ3) is 2.27. The van der Waals surface area contributed by atoms with Gasteiger partial charge in [-0.3, -0.25) is 0 Å². The van der Waals surface area contributed by atoms with E-state index in [1.54, 1.807) is 31.2 Å². The number of aliphatic hydroxyl groups is 2. The van der Waals surface area contributed by atoms with Crippen LogP contribution in [0.4, 0.5) is 0 Å². The van der Waals surface area contributed by atoms with Crippen LogP contribution in [0.5, 0.6) is 0 Å². The van der Waals surface area contributed by atoms with Crippen molar-refractivity contribution in [2.24, 2.45) is 0 Å². The Kier molecular flexibility index (Phi) is 3.53. The van der Waals surface area contributed by atoms with E-state index >= 15 is 0 Å². The Hall–Kier alpha value is -0.570. The van der Waals surface area contributed by atoms with Gasteiger partial charge in [-0.25, -0.2) is 0 Å². The molecule has 1 aromatic carbocycles. The molecule has 0 spiro atoms. The van der Waals surface area contributed by atoms with Crippen molar-refractivity contribution in [3.63, 3.8) is 0 Å². The van der Waals surface area contributed by atoms with Crippen molar-refractivity contribution in [1.82, 2.24) is 0 Å². The number of rotatable bonds is 3. The fraction of sp³-hybridized carbons (Fsp3) is 0.455. The average molecular weight is 215 g/mol. The van der Waals surface area contributed by atoms with Crippen LogP contribution in [0.1, 0.15) is 31.9 Å². The second kappa shape index (κ2) is 4.30. The van der Waals surface area contributed by atoms with Crippen LogP contribution in [0, 0.1) is 0 Å². The maximum atomic E-state index is 9.89. The summed E-state index contributed by atoms with van der Waals surface area (Å²) in [4.78, 5) is 0. The van der Waals surface area contributed by atoms with Crippen LogP contribution < -0.4 is 0 Å². The van der Waals surface area contributed by atoms with Crippen LogP contribution in [-0.2, 0) is 0 Å². The smallest absolute Gasteiger partial charge is 0.109 e. The first-order chi connectivity index (χ1) is 6.49. The Morgan fingerprint density at radius 3 is 2.50 bits per heavy atom. The van der Waals surface area contributed by atoms with Crippen molar-refractivity contribution in [3.05, 3.63) is 34.9 Å². The Bertz CT molecular complexity index is 310. The van der Waals surface area contributed by atoms with Crippen LogP contribution in [0.25, 0.3) is 0 Å². The Balaban J connectivity index is 3.00. The zero-order valence-electron chi connectivity index (χ0n) is 8.37. The molecular formula is C11H15ClO2. The predicted molar refractivity (Wildman–Crippen MR) is 57.3 cm³/mol. The van der Waals surface area contributed by atoms with Gasteiger partial charge >= 0.3 is 0 Å². The number of aliphatic hydroxyl groups excluding tert-OH is 1. The summed E-state index contributed by atoms with van der Waals surface area (Å²) in [7, 11) is 0. The van der Waals surface area contributed by atoms with Gasteiger partial charge in [0.25, 0.3) is 0 Å². The van der Waals surface area contributed by atoms with Gasteiger partial charge in [0.15, 0.2) is 0 Å². The molecule has 0 bridgehead atoms. The van der Waals surface area contributed by atoms with Crippen molar-refractivity contribution >= 4 is 11.6 Å². The minimum absolute atomic E-state index is 0.472. The number of hydrogen-bond acceptors (Lipinski definition) is 2. The summed E-state index contributed by atoms with van der Waals surface area (Å²) < 4.78 is 0. The minimum Gasteiger partial charge on any atom is -0.387 e. The van der Waals surface area contributed by atoms with Gasteiger partial charge in [-0.2, -0.15) is 0 Å². The van der Waals surface area contributed by atoms with Crippen molar-refractivity contribution < 1.29 is 10.2 Å². The highest BCUT2D eigenvalue weighted by atomic mass is 35.5. The normalized spacial score (nSPS) is 17.5. The Morgan fingerprint density at radius 1 is 1.43 bits per heavy atom. The average Bonchev–Trinajstić information content (AvgIpc) is 2.17. The molecule has 14 heavy (non-hydrogen) atoms. The molecule has 1 aromatic rings. The van der Waals surface area contributed by atoms with Gasteiger partial charge in [0, 0.05) is 10.6 Å². The topological polar surface area (TPSA) is 40.5 Å². The molecule has 0 saturated carbocycles. The SMILES string of the molecule is CCC(C)(O)C(O)c1ccccc1Cl. The van der Waals surface area contributed by atoms with E-state index in [-0.39, 0.29) is 0 Å². The molecule has 0 aromatic heterocycles. The van der Waals surface area contributed by atoms with E-state index in [0.29, 0.717) is 17.0 Å². The standard InChI is InChI=1S/C11H15ClO2/c1-3-11(2,14)10(13)8-6-4-5-7-9(8)12/h4-7,10,13-14H,3H2,1-2H3. The van der Waals surface area contributed by atoms with Gasteiger partial charge in [0.2, 0.25) is 0 Å². The number of benzene rings is 1. The summed E-state index contributed by atoms with van der Waals surface area (Å²) in [5.74, 6) is 0.